The highest BCUT2D eigenvalue weighted by atomic mass is 19.1. The van der Waals surface area contributed by atoms with Gasteiger partial charge in [0, 0.05) is 18.7 Å². The van der Waals surface area contributed by atoms with E-state index in [4.69, 9.17) is 0 Å². The fourth-order valence-corrected chi connectivity index (χ4v) is 1.85. The van der Waals surface area contributed by atoms with Crippen molar-refractivity contribution in [3.8, 4) is 0 Å². The molecule has 0 atom stereocenters. The number of imide groups is 1. The number of carbonyl (C=O) groups excluding carboxylic acids is 2. The van der Waals surface area contributed by atoms with Gasteiger partial charge in [-0.2, -0.15) is 0 Å². The highest BCUT2D eigenvalue weighted by Gasteiger charge is 2.25. The van der Waals surface area contributed by atoms with Gasteiger partial charge in [-0.3, -0.25) is 15.0 Å². The van der Waals surface area contributed by atoms with Crippen LogP contribution >= 0.6 is 0 Å². The van der Waals surface area contributed by atoms with Crippen molar-refractivity contribution in [2.75, 3.05) is 11.4 Å². The van der Waals surface area contributed by atoms with E-state index < -0.39 is 6.03 Å². The third-order valence-corrected chi connectivity index (χ3v) is 2.82. The van der Waals surface area contributed by atoms with Crippen LogP contribution in [0.3, 0.4) is 0 Å². The van der Waals surface area contributed by atoms with Crippen LogP contribution < -0.4 is 10.2 Å². The maximum atomic E-state index is 13.3. The zero-order chi connectivity index (χ0) is 12.6. The fraction of sp³-hybridized carbons (Fsp3) is 0.333. The molecule has 1 N–H and O–H groups in total. The summed E-state index contributed by atoms with van der Waals surface area (Å²) < 4.78 is 13.3. The van der Waals surface area contributed by atoms with Crippen LogP contribution in [0.1, 0.15) is 17.5 Å². The molecule has 4 nitrogen and oxygen atoms in total. The minimum atomic E-state index is -0.449. The van der Waals surface area contributed by atoms with Crippen LogP contribution in [-0.4, -0.2) is 18.5 Å². The van der Waals surface area contributed by atoms with Gasteiger partial charge in [0.1, 0.15) is 5.82 Å². The summed E-state index contributed by atoms with van der Waals surface area (Å²) in [5.74, 6) is -0.567. The van der Waals surface area contributed by atoms with Crippen LogP contribution in [-0.2, 0) is 4.79 Å². The van der Waals surface area contributed by atoms with E-state index in [0.717, 1.165) is 0 Å². The molecule has 2 rings (SSSR count). The van der Waals surface area contributed by atoms with E-state index in [2.05, 4.69) is 5.32 Å². The van der Waals surface area contributed by atoms with Gasteiger partial charge in [0.15, 0.2) is 0 Å². The van der Waals surface area contributed by atoms with E-state index in [0.29, 0.717) is 23.4 Å². The van der Waals surface area contributed by atoms with Crippen molar-refractivity contribution < 1.29 is 14.0 Å². The quantitative estimate of drug-likeness (QED) is 0.809. The molecule has 1 aliphatic heterocycles. The van der Waals surface area contributed by atoms with Crippen LogP contribution in [0.15, 0.2) is 12.1 Å². The summed E-state index contributed by atoms with van der Waals surface area (Å²) in [6.45, 7) is 3.71. The molecule has 0 aromatic heterocycles. The Balaban J connectivity index is 2.37. The number of hydrogen-bond donors (Lipinski definition) is 1. The topological polar surface area (TPSA) is 49.4 Å². The molecule has 0 saturated carbocycles. The molecule has 1 saturated heterocycles. The Bertz CT molecular complexity index is 500. The second-order valence-electron chi connectivity index (χ2n) is 4.14. The maximum Gasteiger partial charge on any atom is 0.328 e. The fourth-order valence-electron chi connectivity index (χ4n) is 1.85. The predicted molar refractivity (Wildman–Crippen MR) is 61.4 cm³/mol. The van der Waals surface area contributed by atoms with Crippen molar-refractivity contribution in [1.29, 1.82) is 0 Å². The molecule has 1 aromatic carbocycles. The van der Waals surface area contributed by atoms with Gasteiger partial charge in [-0.25, -0.2) is 9.18 Å². The first-order valence-electron chi connectivity index (χ1n) is 5.37. The highest BCUT2D eigenvalue weighted by Crippen LogP contribution is 2.25. The number of nitrogens with one attached hydrogen (secondary N) is 1. The lowest BCUT2D eigenvalue weighted by Crippen LogP contribution is -2.49. The van der Waals surface area contributed by atoms with Crippen molar-refractivity contribution in [1.82, 2.24) is 5.32 Å². The molecule has 90 valence electrons. The Morgan fingerprint density at radius 2 is 1.94 bits per heavy atom. The van der Waals surface area contributed by atoms with Gasteiger partial charge in [-0.1, -0.05) is 0 Å². The second kappa shape index (κ2) is 4.16. The van der Waals surface area contributed by atoms with Gasteiger partial charge in [0.2, 0.25) is 5.91 Å². The maximum absolute atomic E-state index is 13.3. The zero-order valence-corrected chi connectivity index (χ0v) is 9.71. The number of urea groups is 1. The van der Waals surface area contributed by atoms with Gasteiger partial charge < -0.3 is 0 Å². The van der Waals surface area contributed by atoms with Crippen LogP contribution in [0.4, 0.5) is 14.9 Å². The molecule has 0 bridgehead atoms. The van der Waals surface area contributed by atoms with Crippen molar-refractivity contribution in [2.24, 2.45) is 0 Å². The Morgan fingerprint density at radius 3 is 2.59 bits per heavy atom. The molecule has 0 spiro atoms. The molecular formula is C12H13FN2O2. The van der Waals surface area contributed by atoms with Crippen LogP contribution in [0.5, 0.6) is 0 Å². The molecule has 1 aliphatic rings. The molecule has 1 aromatic rings. The summed E-state index contributed by atoms with van der Waals surface area (Å²) >= 11 is 0. The summed E-state index contributed by atoms with van der Waals surface area (Å²) in [4.78, 5) is 24.2. The Hall–Kier alpha value is -1.91. The first-order chi connectivity index (χ1) is 7.99. The first kappa shape index (κ1) is 11.6. The average Bonchev–Trinajstić information content (AvgIpc) is 2.24. The number of carbonyl (C=O) groups is 2. The number of halogens is 1. The summed E-state index contributed by atoms with van der Waals surface area (Å²) in [7, 11) is 0. The SMILES string of the molecule is Cc1cc(N2CCC(=O)NC2=O)c(C)cc1F. The number of amides is 3. The van der Waals surface area contributed by atoms with Gasteiger partial charge in [0.05, 0.1) is 0 Å². The Kier molecular flexibility index (Phi) is 2.83. The van der Waals surface area contributed by atoms with Crippen molar-refractivity contribution in [3.05, 3.63) is 29.1 Å². The molecule has 1 heterocycles. The Labute approximate surface area is 98.4 Å². The predicted octanol–water partition coefficient (Wildman–Crippen LogP) is 1.89. The van der Waals surface area contributed by atoms with E-state index in [-0.39, 0.29) is 18.1 Å². The molecule has 0 aliphatic carbocycles. The number of aryl methyl sites for hydroxylation is 2. The largest absolute Gasteiger partial charge is 0.328 e. The minimum absolute atomic E-state index is 0.265. The number of rotatable bonds is 1. The van der Waals surface area contributed by atoms with E-state index in [1.54, 1.807) is 19.9 Å². The molecule has 1 fully saturated rings. The Morgan fingerprint density at radius 1 is 1.24 bits per heavy atom. The van der Waals surface area contributed by atoms with E-state index in [9.17, 15) is 14.0 Å². The normalized spacial score (nSPS) is 16.1. The molecule has 0 unspecified atom stereocenters. The molecular weight excluding hydrogens is 223 g/mol. The highest BCUT2D eigenvalue weighted by molar-refractivity contribution is 6.05. The number of nitrogens with zero attached hydrogens (tertiary/aromatic N) is 1. The van der Waals surface area contributed by atoms with Gasteiger partial charge in [-0.05, 0) is 37.1 Å². The zero-order valence-electron chi connectivity index (χ0n) is 9.71. The summed E-state index contributed by atoms with van der Waals surface area (Å²) in [6, 6.07) is 2.57. The van der Waals surface area contributed by atoms with Crippen molar-refractivity contribution in [3.63, 3.8) is 0 Å². The van der Waals surface area contributed by atoms with Crippen molar-refractivity contribution in [2.45, 2.75) is 20.3 Å². The third-order valence-electron chi connectivity index (χ3n) is 2.82. The lowest BCUT2D eigenvalue weighted by molar-refractivity contribution is -0.120. The third kappa shape index (κ3) is 2.13. The van der Waals surface area contributed by atoms with E-state index >= 15 is 0 Å². The molecule has 17 heavy (non-hydrogen) atoms. The molecule has 3 amide bonds. The number of hydrogen-bond acceptors (Lipinski definition) is 2. The minimum Gasteiger partial charge on any atom is -0.293 e. The lowest BCUT2D eigenvalue weighted by Gasteiger charge is -2.28. The number of benzene rings is 1. The monoisotopic (exact) mass is 236 g/mol. The molecule has 5 heteroatoms. The van der Waals surface area contributed by atoms with Crippen LogP contribution in [0.25, 0.3) is 0 Å². The van der Waals surface area contributed by atoms with Gasteiger partial charge in [0.25, 0.3) is 0 Å². The first-order valence-corrected chi connectivity index (χ1v) is 5.37. The van der Waals surface area contributed by atoms with Gasteiger partial charge in [-0.15, -0.1) is 0 Å². The summed E-state index contributed by atoms with van der Waals surface area (Å²) in [5, 5.41) is 2.24. The summed E-state index contributed by atoms with van der Waals surface area (Å²) in [5.41, 5.74) is 1.81. The summed E-state index contributed by atoms with van der Waals surface area (Å²) in [6.07, 6.45) is 0.265. The van der Waals surface area contributed by atoms with Crippen LogP contribution in [0, 0.1) is 19.7 Å². The van der Waals surface area contributed by atoms with Crippen molar-refractivity contribution >= 4 is 17.6 Å². The number of anilines is 1. The lowest BCUT2D eigenvalue weighted by atomic mass is 10.1. The second-order valence-corrected chi connectivity index (χ2v) is 4.14. The molecule has 0 radical (unpaired) electrons. The van der Waals surface area contributed by atoms with E-state index in [1.807, 2.05) is 0 Å². The van der Waals surface area contributed by atoms with Crippen LogP contribution in [0.2, 0.25) is 0 Å². The van der Waals surface area contributed by atoms with Gasteiger partial charge >= 0.3 is 6.03 Å². The average molecular weight is 236 g/mol. The standard InChI is InChI=1S/C12H13FN2O2/c1-7-6-10(8(2)5-9(7)13)15-4-3-11(16)14-12(15)17/h5-6H,3-4H2,1-2H3,(H,14,16,17). The van der Waals surface area contributed by atoms with E-state index in [1.165, 1.54) is 11.0 Å². The smallest absolute Gasteiger partial charge is 0.293 e.